The molecule has 0 spiro atoms. The van der Waals surface area contributed by atoms with Gasteiger partial charge in [-0.1, -0.05) is 23.2 Å². The average Bonchev–Trinajstić information content (AvgIpc) is 3.13. The number of anilines is 2. The van der Waals surface area contributed by atoms with E-state index >= 15 is 0 Å². The molecule has 1 aliphatic heterocycles. The van der Waals surface area contributed by atoms with Gasteiger partial charge in [-0.2, -0.15) is 5.10 Å². The Morgan fingerprint density at radius 1 is 1.27 bits per heavy atom. The third-order valence-corrected chi connectivity index (χ3v) is 4.06. The molecule has 3 rings (SSSR count). The van der Waals surface area contributed by atoms with E-state index in [-0.39, 0.29) is 12.1 Å². The van der Waals surface area contributed by atoms with Crippen molar-refractivity contribution in [3.63, 3.8) is 0 Å². The third-order valence-electron chi connectivity index (χ3n) is 3.32. The molecule has 0 aliphatic carbocycles. The number of ether oxygens (including phenoxy) is 1. The SMILES string of the molecule is O=C(Nc1ccc(Cl)c(Cl)c1)Nc1cnn([C@H]2CCOC2)c1. The lowest BCUT2D eigenvalue weighted by Gasteiger charge is -2.08. The van der Waals surface area contributed by atoms with Crippen molar-refractivity contribution >= 4 is 40.6 Å². The molecule has 2 heterocycles. The third kappa shape index (κ3) is 3.52. The number of hydrogen-bond acceptors (Lipinski definition) is 3. The van der Waals surface area contributed by atoms with Crippen molar-refractivity contribution in [3.05, 3.63) is 40.6 Å². The van der Waals surface area contributed by atoms with Gasteiger partial charge in [-0.3, -0.25) is 4.68 Å². The molecule has 0 bridgehead atoms. The van der Waals surface area contributed by atoms with E-state index in [4.69, 9.17) is 27.9 Å². The maximum atomic E-state index is 11.9. The summed E-state index contributed by atoms with van der Waals surface area (Å²) < 4.78 is 7.13. The molecule has 0 saturated carbocycles. The Kier molecular flexibility index (Phi) is 4.52. The number of carbonyl (C=O) groups excluding carboxylic acids is 1. The van der Waals surface area contributed by atoms with E-state index in [0.29, 0.717) is 28.0 Å². The monoisotopic (exact) mass is 340 g/mol. The minimum atomic E-state index is -0.374. The van der Waals surface area contributed by atoms with Gasteiger partial charge in [0.15, 0.2) is 0 Å². The van der Waals surface area contributed by atoms with E-state index in [2.05, 4.69) is 15.7 Å². The van der Waals surface area contributed by atoms with Crippen LogP contribution >= 0.6 is 23.2 Å². The van der Waals surface area contributed by atoms with Crippen LogP contribution in [0.1, 0.15) is 12.5 Å². The molecule has 0 unspecified atom stereocenters. The highest BCUT2D eigenvalue weighted by Gasteiger charge is 2.18. The first kappa shape index (κ1) is 15.1. The summed E-state index contributed by atoms with van der Waals surface area (Å²) in [7, 11) is 0. The van der Waals surface area contributed by atoms with E-state index < -0.39 is 0 Å². The topological polar surface area (TPSA) is 68.2 Å². The van der Waals surface area contributed by atoms with Crippen LogP contribution in [0.5, 0.6) is 0 Å². The van der Waals surface area contributed by atoms with Crippen LogP contribution in [0.15, 0.2) is 30.6 Å². The van der Waals surface area contributed by atoms with Gasteiger partial charge in [0.1, 0.15) is 0 Å². The number of benzene rings is 1. The summed E-state index contributed by atoms with van der Waals surface area (Å²) >= 11 is 11.7. The number of nitrogens with one attached hydrogen (secondary N) is 2. The second-order valence-corrected chi connectivity index (χ2v) is 5.75. The molecule has 0 radical (unpaired) electrons. The molecule has 2 amide bonds. The average molecular weight is 341 g/mol. The van der Waals surface area contributed by atoms with Crippen LogP contribution in [0.2, 0.25) is 10.0 Å². The van der Waals surface area contributed by atoms with Gasteiger partial charge in [0.05, 0.1) is 34.6 Å². The van der Waals surface area contributed by atoms with Crippen molar-refractivity contribution in [1.29, 1.82) is 0 Å². The van der Waals surface area contributed by atoms with Crippen LogP contribution in [0.25, 0.3) is 0 Å². The number of halogens is 2. The highest BCUT2D eigenvalue weighted by atomic mass is 35.5. The summed E-state index contributed by atoms with van der Waals surface area (Å²) in [5, 5.41) is 10.5. The van der Waals surface area contributed by atoms with Gasteiger partial charge < -0.3 is 15.4 Å². The summed E-state index contributed by atoms with van der Waals surface area (Å²) in [6.07, 6.45) is 4.32. The van der Waals surface area contributed by atoms with E-state index in [0.717, 1.165) is 13.0 Å². The lowest BCUT2D eigenvalue weighted by Crippen LogP contribution is -2.19. The van der Waals surface area contributed by atoms with Gasteiger partial charge in [-0.25, -0.2) is 4.79 Å². The number of rotatable bonds is 3. The largest absolute Gasteiger partial charge is 0.379 e. The van der Waals surface area contributed by atoms with Gasteiger partial charge in [0.2, 0.25) is 0 Å². The van der Waals surface area contributed by atoms with E-state index in [1.54, 1.807) is 30.6 Å². The first-order valence-electron chi connectivity index (χ1n) is 6.77. The number of aromatic nitrogens is 2. The predicted molar refractivity (Wildman–Crippen MR) is 85.8 cm³/mol. The van der Waals surface area contributed by atoms with Gasteiger partial charge in [0, 0.05) is 18.5 Å². The second-order valence-electron chi connectivity index (χ2n) is 4.93. The van der Waals surface area contributed by atoms with E-state index in [9.17, 15) is 4.79 Å². The van der Waals surface area contributed by atoms with Crippen LogP contribution < -0.4 is 10.6 Å². The zero-order chi connectivity index (χ0) is 15.5. The zero-order valence-corrected chi connectivity index (χ0v) is 13.1. The number of amides is 2. The summed E-state index contributed by atoms with van der Waals surface area (Å²) in [5.41, 5.74) is 1.17. The quantitative estimate of drug-likeness (QED) is 0.892. The fourth-order valence-corrected chi connectivity index (χ4v) is 2.50. The summed E-state index contributed by atoms with van der Waals surface area (Å²) in [6.45, 7) is 1.39. The molecule has 1 fully saturated rings. The first-order chi connectivity index (χ1) is 10.6. The Balaban J connectivity index is 1.60. The highest BCUT2D eigenvalue weighted by Crippen LogP contribution is 2.25. The van der Waals surface area contributed by atoms with Crippen LogP contribution in [0.4, 0.5) is 16.2 Å². The fraction of sp³-hybridized carbons (Fsp3) is 0.286. The molecular weight excluding hydrogens is 327 g/mol. The maximum Gasteiger partial charge on any atom is 0.323 e. The highest BCUT2D eigenvalue weighted by molar-refractivity contribution is 6.42. The number of urea groups is 1. The minimum Gasteiger partial charge on any atom is -0.379 e. The van der Waals surface area contributed by atoms with Gasteiger partial charge >= 0.3 is 6.03 Å². The van der Waals surface area contributed by atoms with Crippen LogP contribution in [-0.4, -0.2) is 29.0 Å². The molecule has 6 nitrogen and oxygen atoms in total. The Bertz CT molecular complexity index is 683. The molecule has 1 aromatic carbocycles. The van der Waals surface area contributed by atoms with Crippen molar-refractivity contribution < 1.29 is 9.53 Å². The standard InChI is InChI=1S/C14H14Cl2N4O2/c15-12-2-1-9(5-13(12)16)18-14(21)19-10-6-17-20(7-10)11-3-4-22-8-11/h1-2,5-7,11H,3-4,8H2,(H2,18,19,21)/t11-/m0/s1. The number of carbonyl (C=O) groups is 1. The molecule has 116 valence electrons. The summed E-state index contributed by atoms with van der Waals surface area (Å²) in [6, 6.07) is 4.74. The van der Waals surface area contributed by atoms with E-state index in [1.165, 1.54) is 0 Å². The zero-order valence-electron chi connectivity index (χ0n) is 11.6. The van der Waals surface area contributed by atoms with Gasteiger partial charge in [0.25, 0.3) is 0 Å². The fourth-order valence-electron chi connectivity index (χ4n) is 2.20. The predicted octanol–water partition coefficient (Wildman–Crippen LogP) is 3.80. The molecule has 1 aliphatic rings. The Labute approximate surface area is 137 Å². The van der Waals surface area contributed by atoms with Crippen LogP contribution in [0.3, 0.4) is 0 Å². The summed E-state index contributed by atoms with van der Waals surface area (Å²) in [4.78, 5) is 11.9. The molecule has 1 atom stereocenters. The summed E-state index contributed by atoms with van der Waals surface area (Å²) in [5.74, 6) is 0. The molecule has 2 aromatic rings. The second kappa shape index (κ2) is 6.56. The Morgan fingerprint density at radius 2 is 2.09 bits per heavy atom. The molecule has 8 heteroatoms. The molecule has 22 heavy (non-hydrogen) atoms. The van der Waals surface area contributed by atoms with Gasteiger partial charge in [-0.15, -0.1) is 0 Å². The lowest BCUT2D eigenvalue weighted by molar-refractivity contribution is 0.184. The number of hydrogen-bond donors (Lipinski definition) is 2. The Hall–Kier alpha value is -1.76. The Morgan fingerprint density at radius 3 is 2.82 bits per heavy atom. The van der Waals surface area contributed by atoms with Gasteiger partial charge in [-0.05, 0) is 24.6 Å². The first-order valence-corrected chi connectivity index (χ1v) is 7.52. The lowest BCUT2D eigenvalue weighted by atomic mass is 10.3. The van der Waals surface area contributed by atoms with Crippen LogP contribution in [-0.2, 0) is 4.74 Å². The van der Waals surface area contributed by atoms with Crippen molar-refractivity contribution in [2.75, 3.05) is 23.8 Å². The molecule has 1 aromatic heterocycles. The minimum absolute atomic E-state index is 0.230. The van der Waals surface area contributed by atoms with Crippen LogP contribution in [0, 0.1) is 0 Å². The van der Waals surface area contributed by atoms with Crippen molar-refractivity contribution in [2.45, 2.75) is 12.5 Å². The molecular formula is C14H14Cl2N4O2. The molecule has 1 saturated heterocycles. The number of nitrogens with zero attached hydrogens (tertiary/aromatic N) is 2. The smallest absolute Gasteiger partial charge is 0.323 e. The van der Waals surface area contributed by atoms with Crippen molar-refractivity contribution in [2.24, 2.45) is 0 Å². The van der Waals surface area contributed by atoms with E-state index in [1.807, 2.05) is 4.68 Å². The van der Waals surface area contributed by atoms with Crippen molar-refractivity contribution in [1.82, 2.24) is 9.78 Å². The maximum absolute atomic E-state index is 11.9. The van der Waals surface area contributed by atoms with Crippen molar-refractivity contribution in [3.8, 4) is 0 Å². The normalized spacial score (nSPS) is 17.5. The molecule has 2 N–H and O–H groups in total.